The summed E-state index contributed by atoms with van der Waals surface area (Å²) in [4.78, 5) is 4.58. The van der Waals surface area contributed by atoms with E-state index in [1.807, 2.05) is 30.0 Å². The van der Waals surface area contributed by atoms with Gasteiger partial charge in [-0.05, 0) is 18.4 Å². The highest BCUT2D eigenvalue weighted by Gasteiger charge is 2.02. The lowest BCUT2D eigenvalue weighted by Crippen LogP contribution is -2.01. The predicted molar refractivity (Wildman–Crippen MR) is 79.0 cm³/mol. The summed E-state index contributed by atoms with van der Waals surface area (Å²) in [6, 6.07) is 10.3. The third-order valence-corrected chi connectivity index (χ3v) is 3.87. The van der Waals surface area contributed by atoms with Crippen molar-refractivity contribution in [2.45, 2.75) is 6.42 Å². The van der Waals surface area contributed by atoms with E-state index in [0.717, 1.165) is 17.4 Å². The van der Waals surface area contributed by atoms with E-state index in [4.69, 9.17) is 0 Å². The fourth-order valence-electron chi connectivity index (χ4n) is 1.51. The maximum absolute atomic E-state index is 4.58. The van der Waals surface area contributed by atoms with Crippen LogP contribution in [0.3, 0.4) is 0 Å². The molecule has 1 aromatic heterocycles. The molecule has 0 bridgehead atoms. The molecule has 0 fully saturated rings. The first kappa shape index (κ1) is 12.5. The highest BCUT2D eigenvalue weighted by atomic mass is 32.2. The molecule has 2 nitrogen and oxygen atoms in total. The standard InChI is InChI=1S/C13H16N2S2/c1-16-9-5-8-14-13-15-12(10-17-13)11-6-3-2-4-7-11/h2-4,6-7,10H,5,8-9H2,1H3,(H,14,15). The zero-order valence-corrected chi connectivity index (χ0v) is 11.5. The minimum Gasteiger partial charge on any atom is -0.361 e. The average molecular weight is 264 g/mol. The number of aromatic nitrogens is 1. The Bertz CT molecular complexity index is 440. The SMILES string of the molecule is CSCCCNc1nc(-c2ccccc2)cs1. The smallest absolute Gasteiger partial charge is 0.183 e. The van der Waals surface area contributed by atoms with Crippen molar-refractivity contribution in [3.8, 4) is 11.3 Å². The number of anilines is 1. The number of rotatable bonds is 6. The van der Waals surface area contributed by atoms with Crippen molar-refractivity contribution in [2.24, 2.45) is 0 Å². The molecule has 0 saturated carbocycles. The number of hydrogen-bond donors (Lipinski definition) is 1. The second-order valence-corrected chi connectivity index (χ2v) is 5.52. The minimum absolute atomic E-state index is 1.00. The second kappa shape index (κ2) is 6.67. The Hall–Kier alpha value is -1.00. The number of nitrogens with one attached hydrogen (secondary N) is 1. The molecule has 0 atom stereocenters. The normalized spacial score (nSPS) is 10.4. The highest BCUT2D eigenvalue weighted by molar-refractivity contribution is 7.98. The molecule has 17 heavy (non-hydrogen) atoms. The molecule has 0 aliphatic heterocycles. The molecule has 0 saturated heterocycles. The van der Waals surface area contributed by atoms with Crippen molar-refractivity contribution >= 4 is 28.2 Å². The van der Waals surface area contributed by atoms with Gasteiger partial charge >= 0.3 is 0 Å². The van der Waals surface area contributed by atoms with Crippen molar-refractivity contribution in [2.75, 3.05) is 23.9 Å². The van der Waals surface area contributed by atoms with Gasteiger partial charge in [0.05, 0.1) is 5.69 Å². The van der Waals surface area contributed by atoms with Gasteiger partial charge in [0.1, 0.15) is 0 Å². The van der Waals surface area contributed by atoms with E-state index in [1.54, 1.807) is 11.3 Å². The number of hydrogen-bond acceptors (Lipinski definition) is 4. The largest absolute Gasteiger partial charge is 0.361 e. The van der Waals surface area contributed by atoms with Crippen molar-refractivity contribution in [3.05, 3.63) is 35.7 Å². The first-order valence-electron chi connectivity index (χ1n) is 5.64. The van der Waals surface area contributed by atoms with Crippen LogP contribution in [0.4, 0.5) is 5.13 Å². The van der Waals surface area contributed by atoms with Crippen molar-refractivity contribution in [1.29, 1.82) is 0 Å². The molecular weight excluding hydrogens is 248 g/mol. The Morgan fingerprint density at radius 1 is 1.29 bits per heavy atom. The summed E-state index contributed by atoms with van der Waals surface area (Å²) in [7, 11) is 0. The summed E-state index contributed by atoms with van der Waals surface area (Å²) in [5.41, 5.74) is 2.24. The van der Waals surface area contributed by atoms with Crippen LogP contribution >= 0.6 is 23.1 Å². The number of nitrogens with zero attached hydrogens (tertiary/aromatic N) is 1. The van der Waals surface area contributed by atoms with E-state index in [-0.39, 0.29) is 0 Å². The Morgan fingerprint density at radius 3 is 2.88 bits per heavy atom. The highest BCUT2D eigenvalue weighted by Crippen LogP contribution is 2.24. The number of thioether (sulfide) groups is 1. The van der Waals surface area contributed by atoms with Crippen LogP contribution in [-0.4, -0.2) is 23.5 Å². The zero-order valence-electron chi connectivity index (χ0n) is 9.85. The molecule has 0 radical (unpaired) electrons. The molecule has 0 amide bonds. The fourth-order valence-corrected chi connectivity index (χ4v) is 2.69. The Balaban J connectivity index is 1.92. The molecular formula is C13H16N2S2. The van der Waals surface area contributed by atoms with Gasteiger partial charge in [-0.3, -0.25) is 0 Å². The third-order valence-electron chi connectivity index (χ3n) is 2.38. The molecule has 2 aromatic rings. The summed E-state index contributed by atoms with van der Waals surface area (Å²) in [6.45, 7) is 1.00. The van der Waals surface area contributed by atoms with Gasteiger partial charge in [0.25, 0.3) is 0 Å². The van der Waals surface area contributed by atoms with Gasteiger partial charge in [0, 0.05) is 17.5 Å². The lowest BCUT2D eigenvalue weighted by atomic mass is 10.2. The molecule has 0 aliphatic carbocycles. The summed E-state index contributed by atoms with van der Waals surface area (Å²) in [6.07, 6.45) is 3.32. The van der Waals surface area contributed by atoms with Gasteiger partial charge in [-0.1, -0.05) is 30.3 Å². The fraction of sp³-hybridized carbons (Fsp3) is 0.308. The van der Waals surface area contributed by atoms with E-state index in [1.165, 1.54) is 17.7 Å². The third kappa shape index (κ3) is 3.75. The maximum atomic E-state index is 4.58. The molecule has 1 heterocycles. The predicted octanol–water partition coefficient (Wildman–Crippen LogP) is 3.98. The van der Waals surface area contributed by atoms with E-state index in [2.05, 4.69) is 34.1 Å². The summed E-state index contributed by atoms with van der Waals surface area (Å²) in [5, 5.41) is 6.49. The summed E-state index contributed by atoms with van der Waals surface area (Å²) < 4.78 is 0. The Morgan fingerprint density at radius 2 is 2.12 bits per heavy atom. The van der Waals surface area contributed by atoms with Crippen molar-refractivity contribution < 1.29 is 0 Å². The van der Waals surface area contributed by atoms with Gasteiger partial charge in [-0.2, -0.15) is 11.8 Å². The number of thiazole rings is 1. The molecule has 4 heteroatoms. The van der Waals surface area contributed by atoms with E-state index >= 15 is 0 Å². The van der Waals surface area contributed by atoms with Gasteiger partial charge in [0.15, 0.2) is 5.13 Å². The van der Waals surface area contributed by atoms with Crippen LogP contribution in [0.1, 0.15) is 6.42 Å². The van der Waals surface area contributed by atoms with Crippen LogP contribution in [-0.2, 0) is 0 Å². The summed E-state index contributed by atoms with van der Waals surface area (Å²) >= 11 is 3.56. The van der Waals surface area contributed by atoms with Crippen molar-refractivity contribution in [1.82, 2.24) is 4.98 Å². The molecule has 1 aromatic carbocycles. The van der Waals surface area contributed by atoms with E-state index in [0.29, 0.717) is 0 Å². The molecule has 0 aliphatic rings. The van der Waals surface area contributed by atoms with Crippen molar-refractivity contribution in [3.63, 3.8) is 0 Å². The summed E-state index contributed by atoms with van der Waals surface area (Å²) in [5.74, 6) is 1.20. The van der Waals surface area contributed by atoms with Gasteiger partial charge < -0.3 is 5.32 Å². The quantitative estimate of drug-likeness (QED) is 0.799. The zero-order chi connectivity index (χ0) is 11.9. The van der Waals surface area contributed by atoms with Crippen LogP contribution < -0.4 is 5.32 Å². The van der Waals surface area contributed by atoms with Gasteiger partial charge in [0.2, 0.25) is 0 Å². The van der Waals surface area contributed by atoms with Crippen LogP contribution in [0.2, 0.25) is 0 Å². The molecule has 1 N–H and O–H groups in total. The molecule has 0 spiro atoms. The topological polar surface area (TPSA) is 24.9 Å². The Kier molecular flexibility index (Phi) is 4.88. The number of benzene rings is 1. The molecule has 2 rings (SSSR count). The van der Waals surface area contributed by atoms with E-state index in [9.17, 15) is 0 Å². The van der Waals surface area contributed by atoms with Crippen LogP contribution in [0.15, 0.2) is 35.7 Å². The van der Waals surface area contributed by atoms with Crippen LogP contribution in [0.25, 0.3) is 11.3 Å². The first-order chi connectivity index (χ1) is 8.40. The minimum atomic E-state index is 1.00. The monoisotopic (exact) mass is 264 g/mol. The average Bonchev–Trinajstić information content (AvgIpc) is 2.85. The van der Waals surface area contributed by atoms with Crippen LogP contribution in [0, 0.1) is 0 Å². The first-order valence-corrected chi connectivity index (χ1v) is 7.91. The second-order valence-electron chi connectivity index (χ2n) is 3.68. The van der Waals surface area contributed by atoms with Gasteiger partial charge in [-0.25, -0.2) is 4.98 Å². The van der Waals surface area contributed by atoms with Gasteiger partial charge in [-0.15, -0.1) is 11.3 Å². The maximum Gasteiger partial charge on any atom is 0.183 e. The van der Waals surface area contributed by atoms with Crippen LogP contribution in [0.5, 0.6) is 0 Å². The molecule has 90 valence electrons. The van der Waals surface area contributed by atoms with E-state index < -0.39 is 0 Å². The lowest BCUT2D eigenvalue weighted by molar-refractivity contribution is 0.990. The lowest BCUT2D eigenvalue weighted by Gasteiger charge is -2.00. The molecule has 0 unspecified atom stereocenters. The Labute approximate surface area is 110 Å².